The van der Waals surface area contributed by atoms with Crippen molar-refractivity contribution < 1.29 is 14.1 Å². The topological polar surface area (TPSA) is 77.3 Å². The van der Waals surface area contributed by atoms with Crippen molar-refractivity contribution >= 4 is 22.4 Å². The zero-order chi connectivity index (χ0) is 16.5. The van der Waals surface area contributed by atoms with Gasteiger partial charge in [0.1, 0.15) is 11.9 Å². The van der Waals surface area contributed by atoms with Crippen molar-refractivity contribution in [1.29, 1.82) is 0 Å². The van der Waals surface area contributed by atoms with Gasteiger partial charge in [-0.3, -0.25) is 4.79 Å². The van der Waals surface area contributed by atoms with E-state index in [1.54, 1.807) is 12.3 Å². The van der Waals surface area contributed by atoms with Gasteiger partial charge >= 0.3 is 0 Å². The molecular weight excluding hydrogens is 326 g/mol. The summed E-state index contributed by atoms with van der Waals surface area (Å²) in [5.74, 6) is 1.41. The van der Waals surface area contributed by atoms with Gasteiger partial charge in [-0.25, -0.2) is 4.98 Å². The maximum atomic E-state index is 12.0. The number of carbonyl (C=O) groups is 1. The summed E-state index contributed by atoms with van der Waals surface area (Å²) < 4.78 is 11.1. The minimum atomic E-state index is -0.166. The number of nitrogens with zero attached hydrogens (tertiary/aromatic N) is 2. The molecule has 122 valence electrons. The van der Waals surface area contributed by atoms with Gasteiger partial charge in [-0.05, 0) is 30.7 Å². The Bertz CT molecular complexity index is 873. The van der Waals surface area contributed by atoms with Crippen molar-refractivity contribution in [2.24, 2.45) is 0 Å². The van der Waals surface area contributed by atoms with Crippen LogP contribution in [0.25, 0.3) is 11.3 Å². The lowest BCUT2D eigenvalue weighted by Gasteiger charge is -2.02. The molecule has 3 aromatic rings. The maximum Gasteiger partial charge on any atom is 0.232 e. The predicted molar refractivity (Wildman–Crippen MR) is 90.2 cm³/mol. The van der Waals surface area contributed by atoms with Crippen molar-refractivity contribution in [2.75, 3.05) is 5.32 Å². The first-order valence-corrected chi connectivity index (χ1v) is 8.50. The summed E-state index contributed by atoms with van der Waals surface area (Å²) in [4.78, 5) is 16.0. The third kappa shape index (κ3) is 3.03. The van der Waals surface area contributed by atoms with Crippen LogP contribution >= 0.6 is 11.3 Å². The average molecular weight is 341 g/mol. The first-order chi connectivity index (χ1) is 11.7. The number of aromatic nitrogens is 2. The Hall–Kier alpha value is -2.67. The molecule has 0 spiro atoms. The fraction of sp³-hybridized carbons (Fsp3) is 0.235. The van der Waals surface area contributed by atoms with E-state index in [0.717, 1.165) is 17.7 Å². The summed E-state index contributed by atoms with van der Waals surface area (Å²) in [6, 6.07) is 7.74. The smallest absolute Gasteiger partial charge is 0.232 e. The highest BCUT2D eigenvalue weighted by Crippen LogP contribution is 2.33. The zero-order valence-electron chi connectivity index (χ0n) is 13.0. The van der Waals surface area contributed by atoms with Crippen LogP contribution in [0.3, 0.4) is 0 Å². The third-order valence-corrected chi connectivity index (χ3v) is 4.45. The van der Waals surface area contributed by atoms with E-state index >= 15 is 0 Å². The third-order valence-electron chi connectivity index (χ3n) is 3.76. The molecule has 1 atom stereocenters. The van der Waals surface area contributed by atoms with Gasteiger partial charge in [0, 0.05) is 29.6 Å². The van der Waals surface area contributed by atoms with Crippen LogP contribution in [0.1, 0.15) is 18.2 Å². The van der Waals surface area contributed by atoms with Crippen LogP contribution in [0.5, 0.6) is 5.75 Å². The Labute approximate surface area is 142 Å². The lowest BCUT2D eigenvalue weighted by molar-refractivity contribution is -0.115. The highest BCUT2D eigenvalue weighted by molar-refractivity contribution is 7.13. The summed E-state index contributed by atoms with van der Waals surface area (Å²) in [6.07, 6.45) is 2.89. The number of fused-ring (bicyclic) bond motifs is 1. The van der Waals surface area contributed by atoms with Gasteiger partial charge in [-0.15, -0.1) is 11.3 Å². The minimum Gasteiger partial charge on any atom is -0.490 e. The van der Waals surface area contributed by atoms with Gasteiger partial charge in [0.15, 0.2) is 10.9 Å². The molecule has 0 saturated heterocycles. The standard InChI is InChI=1S/C17H15N3O3S/c1-10-6-12-7-11(2-3-14(12)22-10)15-8-13(20-23-15)9-16(21)19-17-18-4-5-24-17/h2-5,7-8,10H,6,9H2,1H3,(H,18,19,21)/t10-/m1/s1. The van der Waals surface area contributed by atoms with Gasteiger partial charge in [0.05, 0.1) is 12.1 Å². The molecule has 0 aliphatic carbocycles. The van der Waals surface area contributed by atoms with E-state index in [9.17, 15) is 4.79 Å². The van der Waals surface area contributed by atoms with E-state index in [1.165, 1.54) is 16.9 Å². The second kappa shape index (κ2) is 6.09. The van der Waals surface area contributed by atoms with E-state index < -0.39 is 0 Å². The minimum absolute atomic E-state index is 0.147. The Balaban J connectivity index is 1.47. The van der Waals surface area contributed by atoms with E-state index in [0.29, 0.717) is 16.6 Å². The second-order valence-electron chi connectivity index (χ2n) is 5.70. The van der Waals surface area contributed by atoms with Crippen LogP contribution in [-0.4, -0.2) is 22.2 Å². The molecule has 1 aromatic carbocycles. The number of ether oxygens (including phenoxy) is 1. The highest BCUT2D eigenvalue weighted by Gasteiger charge is 2.20. The molecule has 0 radical (unpaired) electrons. The maximum absolute atomic E-state index is 12.0. The predicted octanol–water partition coefficient (Wildman–Crippen LogP) is 3.30. The number of anilines is 1. The van der Waals surface area contributed by atoms with Crippen molar-refractivity contribution in [3.05, 3.63) is 47.1 Å². The molecule has 1 aliphatic heterocycles. The number of thiazole rings is 1. The molecule has 24 heavy (non-hydrogen) atoms. The van der Waals surface area contributed by atoms with Gasteiger partial charge in [0.25, 0.3) is 0 Å². The number of benzene rings is 1. The highest BCUT2D eigenvalue weighted by atomic mass is 32.1. The molecule has 0 fully saturated rings. The van der Waals surface area contributed by atoms with Gasteiger partial charge in [0.2, 0.25) is 5.91 Å². The van der Waals surface area contributed by atoms with E-state index in [-0.39, 0.29) is 18.4 Å². The number of nitrogens with one attached hydrogen (secondary N) is 1. The lowest BCUT2D eigenvalue weighted by atomic mass is 10.1. The van der Waals surface area contributed by atoms with Crippen LogP contribution < -0.4 is 10.1 Å². The largest absolute Gasteiger partial charge is 0.490 e. The number of rotatable bonds is 4. The van der Waals surface area contributed by atoms with E-state index in [2.05, 4.69) is 21.5 Å². The van der Waals surface area contributed by atoms with Crippen molar-refractivity contribution in [1.82, 2.24) is 10.1 Å². The summed E-state index contributed by atoms with van der Waals surface area (Å²) in [5.41, 5.74) is 2.69. The molecular formula is C17H15N3O3S. The molecule has 1 aliphatic rings. The number of hydrogen-bond acceptors (Lipinski definition) is 6. The normalized spacial score (nSPS) is 15.8. The molecule has 7 heteroatoms. The average Bonchev–Trinajstić information content (AvgIpc) is 3.26. The molecule has 2 aromatic heterocycles. The van der Waals surface area contributed by atoms with Crippen LogP contribution in [0.4, 0.5) is 5.13 Å². The summed E-state index contributed by atoms with van der Waals surface area (Å²) in [7, 11) is 0. The van der Waals surface area contributed by atoms with Crippen molar-refractivity contribution in [3.63, 3.8) is 0 Å². The molecule has 1 N–H and O–H groups in total. The van der Waals surface area contributed by atoms with Gasteiger partial charge < -0.3 is 14.6 Å². The van der Waals surface area contributed by atoms with Crippen molar-refractivity contribution in [2.45, 2.75) is 25.9 Å². The summed E-state index contributed by atoms with van der Waals surface area (Å²) in [5, 5.41) is 9.10. The summed E-state index contributed by atoms with van der Waals surface area (Å²) in [6.45, 7) is 2.05. The molecule has 1 amide bonds. The number of carbonyl (C=O) groups excluding carboxylic acids is 1. The van der Waals surface area contributed by atoms with Gasteiger partial charge in [-0.1, -0.05) is 5.16 Å². The summed E-state index contributed by atoms with van der Waals surface area (Å²) >= 11 is 1.38. The second-order valence-corrected chi connectivity index (χ2v) is 6.59. The van der Waals surface area contributed by atoms with E-state index in [4.69, 9.17) is 9.26 Å². The van der Waals surface area contributed by atoms with Crippen LogP contribution in [0, 0.1) is 0 Å². The first-order valence-electron chi connectivity index (χ1n) is 7.62. The molecule has 0 unspecified atom stereocenters. The molecule has 4 rings (SSSR count). The molecule has 0 bridgehead atoms. The molecule has 0 saturated carbocycles. The quantitative estimate of drug-likeness (QED) is 0.788. The van der Waals surface area contributed by atoms with E-state index in [1.807, 2.05) is 24.4 Å². The Morgan fingerprint density at radius 3 is 3.17 bits per heavy atom. The molecule has 6 nitrogen and oxygen atoms in total. The zero-order valence-corrected chi connectivity index (χ0v) is 13.8. The lowest BCUT2D eigenvalue weighted by Crippen LogP contribution is -2.14. The van der Waals surface area contributed by atoms with Gasteiger partial charge in [-0.2, -0.15) is 0 Å². The number of amides is 1. The van der Waals surface area contributed by atoms with Crippen LogP contribution in [0.2, 0.25) is 0 Å². The molecule has 3 heterocycles. The Morgan fingerprint density at radius 1 is 1.42 bits per heavy atom. The fourth-order valence-electron chi connectivity index (χ4n) is 2.72. The first kappa shape index (κ1) is 14.9. The monoisotopic (exact) mass is 341 g/mol. The Kier molecular flexibility index (Phi) is 3.78. The SMILES string of the molecule is C[C@@H]1Cc2cc(-c3cc(CC(=O)Nc4nccs4)no3)ccc2O1. The van der Waals surface area contributed by atoms with Crippen molar-refractivity contribution in [3.8, 4) is 17.1 Å². The Morgan fingerprint density at radius 2 is 2.33 bits per heavy atom. The van der Waals surface area contributed by atoms with Crippen LogP contribution in [-0.2, 0) is 17.6 Å². The van der Waals surface area contributed by atoms with Crippen LogP contribution in [0.15, 0.2) is 40.4 Å². The number of hydrogen-bond donors (Lipinski definition) is 1. The fourth-order valence-corrected chi connectivity index (χ4v) is 3.26.